The van der Waals surface area contributed by atoms with Gasteiger partial charge in [-0.05, 0) is 37.0 Å². The Kier molecular flexibility index (Phi) is 4.73. The van der Waals surface area contributed by atoms with E-state index in [0.717, 1.165) is 23.1 Å². The second-order valence-corrected chi connectivity index (χ2v) is 5.52. The lowest BCUT2D eigenvalue weighted by Crippen LogP contribution is -2.13. The summed E-state index contributed by atoms with van der Waals surface area (Å²) in [6.07, 6.45) is 2.65. The summed E-state index contributed by atoms with van der Waals surface area (Å²) in [6, 6.07) is 5.88. The molecule has 0 spiro atoms. The lowest BCUT2D eigenvalue weighted by Gasteiger charge is -2.22. The van der Waals surface area contributed by atoms with E-state index in [0.29, 0.717) is 5.03 Å². The van der Waals surface area contributed by atoms with Gasteiger partial charge in [0.2, 0.25) is 0 Å². The second kappa shape index (κ2) is 5.44. The number of allylic oxidation sites excluding steroid dienone is 2. The predicted molar refractivity (Wildman–Crippen MR) is 73.5 cm³/mol. The average Bonchev–Trinajstić information content (AvgIpc) is 2.22. The van der Waals surface area contributed by atoms with Crippen LogP contribution < -0.4 is 0 Å². The topological polar surface area (TPSA) is 0 Å². The molecule has 0 aliphatic rings. The van der Waals surface area contributed by atoms with Crippen molar-refractivity contribution in [3.05, 3.63) is 46.0 Å². The number of hydrogen-bond acceptors (Lipinski definition) is 0. The second-order valence-electron chi connectivity index (χ2n) is 3.78. The molecule has 16 heavy (non-hydrogen) atoms. The molecular weight excluding hydrogens is 263 g/mol. The van der Waals surface area contributed by atoms with Crippen molar-refractivity contribution in [1.82, 2.24) is 0 Å². The van der Waals surface area contributed by atoms with Crippen molar-refractivity contribution in [1.29, 1.82) is 0 Å². The highest BCUT2D eigenvalue weighted by atomic mass is 35.5. The van der Waals surface area contributed by atoms with Crippen LogP contribution in [0.2, 0.25) is 0 Å². The number of hydrogen-bond donors (Lipinski definition) is 0. The van der Waals surface area contributed by atoms with Crippen LogP contribution in [0.1, 0.15) is 30.0 Å². The first kappa shape index (κ1) is 13.9. The number of aryl methyl sites for hydroxylation is 1. The Labute approximate surface area is 112 Å². The van der Waals surface area contributed by atoms with Crippen LogP contribution in [0.25, 0.3) is 0 Å². The van der Waals surface area contributed by atoms with Gasteiger partial charge in [0.1, 0.15) is 0 Å². The van der Waals surface area contributed by atoms with Gasteiger partial charge in [-0.15, -0.1) is 0 Å². The Morgan fingerprint density at radius 3 is 2.50 bits per heavy atom. The van der Waals surface area contributed by atoms with E-state index < -0.39 is 4.33 Å². The van der Waals surface area contributed by atoms with Gasteiger partial charge in [-0.1, -0.05) is 66.0 Å². The molecule has 88 valence electrons. The number of alkyl halides is 2. The van der Waals surface area contributed by atoms with Crippen molar-refractivity contribution in [3.63, 3.8) is 0 Å². The molecule has 0 aromatic heterocycles. The first-order chi connectivity index (χ1) is 7.41. The Bertz CT molecular complexity index is 406. The number of rotatable bonds is 3. The quantitative estimate of drug-likeness (QED) is 0.643. The zero-order chi connectivity index (χ0) is 12.3. The molecule has 0 N–H and O–H groups in total. The maximum absolute atomic E-state index is 6.33. The molecule has 0 heterocycles. The van der Waals surface area contributed by atoms with E-state index in [1.165, 1.54) is 0 Å². The molecule has 0 atom stereocenters. The Morgan fingerprint density at radius 1 is 1.31 bits per heavy atom. The van der Waals surface area contributed by atoms with Gasteiger partial charge in [-0.2, -0.15) is 0 Å². The Balaban J connectivity index is 3.27. The summed E-state index contributed by atoms with van der Waals surface area (Å²) in [6.45, 7) is 6.02. The first-order valence-electron chi connectivity index (χ1n) is 5.21. The molecule has 0 bridgehead atoms. The van der Waals surface area contributed by atoms with Crippen LogP contribution in [0, 0.1) is 13.8 Å². The molecule has 0 amide bonds. The van der Waals surface area contributed by atoms with Gasteiger partial charge < -0.3 is 0 Å². The molecule has 1 aromatic carbocycles. The smallest absolute Gasteiger partial charge is 0.0899 e. The maximum Gasteiger partial charge on any atom is 0.178 e. The summed E-state index contributed by atoms with van der Waals surface area (Å²) >= 11 is 18.8. The Hall–Kier alpha value is -0.170. The minimum atomic E-state index is -1.15. The third kappa shape index (κ3) is 2.74. The van der Waals surface area contributed by atoms with Gasteiger partial charge in [0, 0.05) is 0 Å². The monoisotopic (exact) mass is 276 g/mol. The van der Waals surface area contributed by atoms with Gasteiger partial charge in [0.25, 0.3) is 0 Å². The summed E-state index contributed by atoms with van der Waals surface area (Å²) in [5.41, 5.74) is 3.09. The third-order valence-corrected chi connectivity index (χ3v) is 4.07. The van der Waals surface area contributed by atoms with Crippen molar-refractivity contribution in [3.8, 4) is 0 Å². The minimum Gasteiger partial charge on any atom is -0.0899 e. The normalized spacial score (nSPS) is 13.0. The molecule has 0 nitrogen and oxygen atoms in total. The van der Waals surface area contributed by atoms with E-state index in [2.05, 4.69) is 0 Å². The summed E-state index contributed by atoms with van der Waals surface area (Å²) < 4.78 is -1.15. The molecule has 3 heteroatoms. The zero-order valence-corrected chi connectivity index (χ0v) is 11.9. The summed E-state index contributed by atoms with van der Waals surface area (Å²) in [4.78, 5) is 0. The standard InChI is InChI=1S/C13H15Cl3/c1-4-6-12(14)13(15,16)11-8-5-7-9(2)10(11)3/h5-8H,4H2,1-3H3/b12-6-. The average molecular weight is 278 g/mol. The number of halogens is 3. The molecule has 0 saturated carbocycles. The van der Waals surface area contributed by atoms with Gasteiger partial charge in [0.05, 0.1) is 5.03 Å². The van der Waals surface area contributed by atoms with E-state index in [4.69, 9.17) is 34.8 Å². The molecule has 1 aromatic rings. The molecule has 0 radical (unpaired) electrons. The van der Waals surface area contributed by atoms with Gasteiger partial charge in [-0.3, -0.25) is 0 Å². The minimum absolute atomic E-state index is 0.465. The third-order valence-electron chi connectivity index (χ3n) is 2.63. The lowest BCUT2D eigenvalue weighted by molar-refractivity contribution is 1.02. The fraction of sp³-hybridized carbons (Fsp3) is 0.385. The van der Waals surface area contributed by atoms with E-state index in [9.17, 15) is 0 Å². The predicted octanol–water partition coefficient (Wildman–Crippen LogP) is 5.47. The summed E-state index contributed by atoms with van der Waals surface area (Å²) in [5, 5.41) is 0.465. The van der Waals surface area contributed by atoms with E-state index >= 15 is 0 Å². The van der Waals surface area contributed by atoms with Crippen molar-refractivity contribution < 1.29 is 0 Å². The van der Waals surface area contributed by atoms with Crippen LogP contribution in [-0.2, 0) is 4.33 Å². The molecule has 0 aliphatic heterocycles. The van der Waals surface area contributed by atoms with Crippen molar-refractivity contribution >= 4 is 34.8 Å². The van der Waals surface area contributed by atoms with Crippen molar-refractivity contribution in [2.45, 2.75) is 31.5 Å². The molecule has 0 aliphatic carbocycles. The van der Waals surface area contributed by atoms with E-state index in [1.54, 1.807) is 0 Å². The summed E-state index contributed by atoms with van der Waals surface area (Å²) in [5.74, 6) is 0. The highest BCUT2D eigenvalue weighted by Gasteiger charge is 2.32. The van der Waals surface area contributed by atoms with Gasteiger partial charge >= 0.3 is 0 Å². The van der Waals surface area contributed by atoms with Crippen molar-refractivity contribution in [2.75, 3.05) is 0 Å². The molecule has 0 fully saturated rings. The molecule has 0 saturated heterocycles. The zero-order valence-electron chi connectivity index (χ0n) is 9.65. The molecule has 1 rings (SSSR count). The van der Waals surface area contributed by atoms with Crippen LogP contribution in [0.15, 0.2) is 29.3 Å². The van der Waals surface area contributed by atoms with Gasteiger partial charge in [0.15, 0.2) is 4.33 Å². The fourth-order valence-electron chi connectivity index (χ4n) is 1.53. The number of benzene rings is 1. The molecule has 0 unspecified atom stereocenters. The first-order valence-corrected chi connectivity index (χ1v) is 6.35. The van der Waals surface area contributed by atoms with Crippen LogP contribution in [0.5, 0.6) is 0 Å². The summed E-state index contributed by atoms with van der Waals surface area (Å²) in [7, 11) is 0. The lowest BCUT2D eigenvalue weighted by atomic mass is 10.00. The van der Waals surface area contributed by atoms with E-state index in [-0.39, 0.29) is 0 Å². The van der Waals surface area contributed by atoms with Crippen LogP contribution in [0.4, 0.5) is 0 Å². The van der Waals surface area contributed by atoms with Crippen molar-refractivity contribution in [2.24, 2.45) is 0 Å². The van der Waals surface area contributed by atoms with E-state index in [1.807, 2.05) is 45.0 Å². The van der Waals surface area contributed by atoms with Crippen LogP contribution in [0.3, 0.4) is 0 Å². The van der Waals surface area contributed by atoms with Gasteiger partial charge in [-0.25, -0.2) is 0 Å². The fourth-order valence-corrected chi connectivity index (χ4v) is 2.35. The SMILES string of the molecule is CC/C=C(\Cl)C(Cl)(Cl)c1cccc(C)c1C. The largest absolute Gasteiger partial charge is 0.178 e. The Morgan fingerprint density at radius 2 is 1.94 bits per heavy atom. The highest BCUT2D eigenvalue weighted by molar-refractivity contribution is 6.55. The highest BCUT2D eigenvalue weighted by Crippen LogP contribution is 2.44. The maximum atomic E-state index is 6.33. The molecular formula is C13H15Cl3. The van der Waals surface area contributed by atoms with Crippen LogP contribution >= 0.6 is 34.8 Å². The van der Waals surface area contributed by atoms with Crippen LogP contribution in [-0.4, -0.2) is 0 Å².